The second kappa shape index (κ2) is 8.26. The Morgan fingerprint density at radius 2 is 1.83 bits per heavy atom. The highest BCUT2D eigenvalue weighted by atomic mass is 35.5. The van der Waals surface area contributed by atoms with E-state index in [1.807, 2.05) is 0 Å². The van der Waals surface area contributed by atoms with Gasteiger partial charge in [-0.15, -0.1) is 0 Å². The molecule has 0 heterocycles. The SMILES string of the molecule is O=C(CCCNc1ccc([N+](=O)[O-])cc1)Nc1ccc(F)c(Cl)c1. The molecule has 0 atom stereocenters. The fourth-order valence-electron chi connectivity index (χ4n) is 1.98. The summed E-state index contributed by atoms with van der Waals surface area (Å²) in [4.78, 5) is 21.9. The number of hydrogen-bond acceptors (Lipinski definition) is 4. The van der Waals surface area contributed by atoms with Crippen LogP contribution >= 0.6 is 11.6 Å². The molecule has 2 N–H and O–H groups in total. The Morgan fingerprint density at radius 1 is 1.17 bits per heavy atom. The van der Waals surface area contributed by atoms with Crippen molar-refractivity contribution in [1.82, 2.24) is 0 Å². The van der Waals surface area contributed by atoms with Crippen LogP contribution in [0.15, 0.2) is 42.5 Å². The zero-order valence-corrected chi connectivity index (χ0v) is 13.3. The van der Waals surface area contributed by atoms with Gasteiger partial charge >= 0.3 is 0 Å². The minimum Gasteiger partial charge on any atom is -0.385 e. The van der Waals surface area contributed by atoms with Gasteiger partial charge in [0.2, 0.25) is 5.91 Å². The molecule has 6 nitrogen and oxygen atoms in total. The van der Waals surface area contributed by atoms with Gasteiger partial charge < -0.3 is 10.6 Å². The molecule has 1 amide bonds. The fraction of sp³-hybridized carbons (Fsp3) is 0.188. The molecule has 2 rings (SSSR count). The molecule has 0 radical (unpaired) electrons. The van der Waals surface area contributed by atoms with E-state index >= 15 is 0 Å². The number of amides is 1. The second-order valence-electron chi connectivity index (χ2n) is 5.01. The predicted molar refractivity (Wildman–Crippen MR) is 90.9 cm³/mol. The summed E-state index contributed by atoms with van der Waals surface area (Å²) in [6.45, 7) is 0.537. The van der Waals surface area contributed by atoms with Gasteiger partial charge in [-0.05, 0) is 36.8 Å². The zero-order valence-electron chi connectivity index (χ0n) is 12.6. The van der Waals surface area contributed by atoms with Gasteiger partial charge in [-0.1, -0.05) is 11.6 Å². The lowest BCUT2D eigenvalue weighted by molar-refractivity contribution is -0.384. The number of carbonyl (C=O) groups excluding carboxylic acids is 1. The maximum absolute atomic E-state index is 13.0. The van der Waals surface area contributed by atoms with Gasteiger partial charge in [0.05, 0.1) is 9.95 Å². The molecule has 0 saturated carbocycles. The molecule has 0 aliphatic carbocycles. The van der Waals surface area contributed by atoms with Crippen molar-refractivity contribution in [1.29, 1.82) is 0 Å². The minimum atomic E-state index is -0.540. The zero-order chi connectivity index (χ0) is 17.5. The van der Waals surface area contributed by atoms with E-state index in [1.165, 1.54) is 30.3 Å². The van der Waals surface area contributed by atoms with Crippen molar-refractivity contribution in [3.8, 4) is 0 Å². The first-order chi connectivity index (χ1) is 11.5. The first-order valence-electron chi connectivity index (χ1n) is 7.19. The third-order valence-corrected chi connectivity index (χ3v) is 3.48. The summed E-state index contributed by atoms with van der Waals surface area (Å²) < 4.78 is 13.0. The summed E-state index contributed by atoms with van der Waals surface area (Å²) >= 11 is 5.64. The van der Waals surface area contributed by atoms with Crippen LogP contribution in [0.4, 0.5) is 21.5 Å². The van der Waals surface area contributed by atoms with Gasteiger partial charge in [0, 0.05) is 36.5 Å². The normalized spacial score (nSPS) is 10.2. The molecule has 0 aliphatic heterocycles. The Hall–Kier alpha value is -2.67. The summed E-state index contributed by atoms with van der Waals surface area (Å²) in [6, 6.07) is 10.0. The highest BCUT2D eigenvalue weighted by Crippen LogP contribution is 2.19. The van der Waals surface area contributed by atoms with Crippen molar-refractivity contribution in [3.63, 3.8) is 0 Å². The number of non-ortho nitro benzene ring substituents is 1. The first-order valence-corrected chi connectivity index (χ1v) is 7.57. The summed E-state index contributed by atoms with van der Waals surface area (Å²) in [5.74, 6) is -0.745. The lowest BCUT2D eigenvalue weighted by Crippen LogP contribution is -2.13. The van der Waals surface area contributed by atoms with Crippen LogP contribution in [-0.4, -0.2) is 17.4 Å². The van der Waals surface area contributed by atoms with E-state index in [9.17, 15) is 19.3 Å². The number of carbonyl (C=O) groups is 1. The number of rotatable bonds is 7. The fourth-order valence-corrected chi connectivity index (χ4v) is 2.16. The molecule has 0 saturated heterocycles. The first kappa shape index (κ1) is 17.7. The van der Waals surface area contributed by atoms with Crippen LogP contribution in [0.3, 0.4) is 0 Å². The van der Waals surface area contributed by atoms with E-state index in [-0.39, 0.29) is 23.0 Å². The average molecular weight is 352 g/mol. The molecule has 2 aromatic carbocycles. The van der Waals surface area contributed by atoms with Crippen LogP contribution in [0.5, 0.6) is 0 Å². The van der Waals surface area contributed by atoms with Crippen molar-refractivity contribution in [3.05, 3.63) is 63.4 Å². The number of hydrogen-bond donors (Lipinski definition) is 2. The third-order valence-electron chi connectivity index (χ3n) is 3.19. The largest absolute Gasteiger partial charge is 0.385 e. The third kappa shape index (κ3) is 5.20. The molecular formula is C16H15ClFN3O3. The molecule has 0 spiro atoms. The molecule has 126 valence electrons. The molecule has 0 fully saturated rings. The molecule has 0 bridgehead atoms. The van der Waals surface area contributed by atoms with E-state index in [0.29, 0.717) is 18.7 Å². The van der Waals surface area contributed by atoms with Gasteiger partial charge in [0.15, 0.2) is 0 Å². The monoisotopic (exact) mass is 351 g/mol. The van der Waals surface area contributed by atoms with Crippen molar-refractivity contribution in [2.24, 2.45) is 0 Å². The highest BCUT2D eigenvalue weighted by molar-refractivity contribution is 6.31. The number of halogens is 2. The summed E-state index contributed by atoms with van der Waals surface area (Å²) in [5, 5.41) is 16.2. The number of nitrogens with zero attached hydrogens (tertiary/aromatic N) is 1. The molecular weight excluding hydrogens is 337 g/mol. The smallest absolute Gasteiger partial charge is 0.269 e. The van der Waals surface area contributed by atoms with Crippen LogP contribution in [0, 0.1) is 15.9 Å². The molecule has 0 aliphatic rings. The Bertz CT molecular complexity index is 738. The molecule has 0 aromatic heterocycles. The number of anilines is 2. The number of nitrogens with one attached hydrogen (secondary N) is 2. The molecule has 2 aromatic rings. The van der Waals surface area contributed by atoms with Crippen LogP contribution in [0.2, 0.25) is 5.02 Å². The second-order valence-corrected chi connectivity index (χ2v) is 5.42. The number of nitro groups is 1. The Morgan fingerprint density at radius 3 is 2.46 bits per heavy atom. The standard InChI is InChI=1S/C16H15ClFN3O3/c17-14-10-12(5-8-15(14)18)20-16(22)2-1-9-19-11-3-6-13(7-4-11)21(23)24/h3-8,10,19H,1-2,9H2,(H,20,22). The molecule has 8 heteroatoms. The predicted octanol–water partition coefficient (Wildman–Crippen LogP) is 4.22. The van der Waals surface area contributed by atoms with Crippen molar-refractivity contribution in [2.45, 2.75) is 12.8 Å². The van der Waals surface area contributed by atoms with Gasteiger partial charge in [-0.3, -0.25) is 14.9 Å². The van der Waals surface area contributed by atoms with Crippen LogP contribution in [0.1, 0.15) is 12.8 Å². The van der Waals surface area contributed by atoms with Crippen molar-refractivity contribution < 1.29 is 14.1 Å². The summed E-state index contributed by atoms with van der Waals surface area (Å²) in [7, 11) is 0. The Balaban J connectivity index is 1.72. The van der Waals surface area contributed by atoms with E-state index in [2.05, 4.69) is 10.6 Å². The van der Waals surface area contributed by atoms with Crippen molar-refractivity contribution >= 4 is 34.6 Å². The van der Waals surface area contributed by atoms with Crippen molar-refractivity contribution in [2.75, 3.05) is 17.2 Å². The van der Waals surface area contributed by atoms with Crippen LogP contribution in [-0.2, 0) is 4.79 Å². The van der Waals surface area contributed by atoms with Gasteiger partial charge in [0.1, 0.15) is 5.82 Å². The van der Waals surface area contributed by atoms with E-state index in [4.69, 9.17) is 11.6 Å². The summed E-state index contributed by atoms with van der Waals surface area (Å²) in [6.07, 6.45) is 0.840. The molecule has 0 unspecified atom stereocenters. The van der Waals surface area contributed by atoms with E-state index in [1.54, 1.807) is 12.1 Å². The topological polar surface area (TPSA) is 84.3 Å². The Labute approximate surface area is 142 Å². The maximum Gasteiger partial charge on any atom is 0.269 e. The quantitative estimate of drug-likeness (QED) is 0.444. The highest BCUT2D eigenvalue weighted by Gasteiger charge is 2.06. The van der Waals surface area contributed by atoms with E-state index < -0.39 is 10.7 Å². The Kier molecular flexibility index (Phi) is 6.08. The van der Waals surface area contributed by atoms with Gasteiger partial charge in [0.25, 0.3) is 5.69 Å². The van der Waals surface area contributed by atoms with Crippen LogP contribution < -0.4 is 10.6 Å². The molecule has 24 heavy (non-hydrogen) atoms. The number of benzene rings is 2. The lowest BCUT2D eigenvalue weighted by Gasteiger charge is -2.08. The number of nitro benzene ring substituents is 1. The maximum atomic E-state index is 13.0. The van der Waals surface area contributed by atoms with Crippen LogP contribution in [0.25, 0.3) is 0 Å². The average Bonchev–Trinajstić information content (AvgIpc) is 2.55. The van der Waals surface area contributed by atoms with Gasteiger partial charge in [-0.25, -0.2) is 4.39 Å². The minimum absolute atomic E-state index is 0.0258. The lowest BCUT2D eigenvalue weighted by atomic mass is 10.2. The van der Waals surface area contributed by atoms with E-state index in [0.717, 1.165) is 5.69 Å². The van der Waals surface area contributed by atoms with Gasteiger partial charge in [-0.2, -0.15) is 0 Å². The summed E-state index contributed by atoms with van der Waals surface area (Å²) in [5.41, 5.74) is 1.21.